The van der Waals surface area contributed by atoms with Gasteiger partial charge in [-0.15, -0.1) is 0 Å². The number of nitrogens with zero attached hydrogens (tertiary/aromatic N) is 2. The van der Waals surface area contributed by atoms with Gasteiger partial charge in [-0.1, -0.05) is 36.4 Å². The average Bonchev–Trinajstić information content (AvgIpc) is 2.59. The molecule has 4 nitrogen and oxygen atoms in total. The third-order valence-electron chi connectivity index (χ3n) is 3.87. The molecule has 5 heteroatoms. The van der Waals surface area contributed by atoms with Gasteiger partial charge < -0.3 is 10.6 Å². The van der Waals surface area contributed by atoms with Crippen molar-refractivity contribution >= 4 is 34.9 Å². The molecule has 0 unspecified atom stereocenters. The normalized spacial score (nSPS) is 10.5. The third kappa shape index (κ3) is 4.51. The van der Waals surface area contributed by atoms with Crippen LogP contribution < -0.4 is 10.6 Å². The lowest BCUT2D eigenvalue weighted by Crippen LogP contribution is -2.04. The van der Waals surface area contributed by atoms with Crippen LogP contribution >= 0.6 is 11.8 Å². The molecule has 25 heavy (non-hydrogen) atoms. The number of aromatic nitrogens is 2. The van der Waals surface area contributed by atoms with E-state index in [1.165, 1.54) is 5.56 Å². The number of nitrogens with one attached hydrogen (secondary N) is 2. The van der Waals surface area contributed by atoms with Crippen LogP contribution in [0.3, 0.4) is 0 Å². The Hall–Kier alpha value is -2.53. The summed E-state index contributed by atoms with van der Waals surface area (Å²) in [5.74, 6) is 2.24. The molecule has 0 radical (unpaired) electrons. The fourth-order valence-corrected chi connectivity index (χ4v) is 2.97. The van der Waals surface area contributed by atoms with Crippen LogP contribution in [0.2, 0.25) is 0 Å². The van der Waals surface area contributed by atoms with Gasteiger partial charge in [0, 0.05) is 23.2 Å². The van der Waals surface area contributed by atoms with Gasteiger partial charge >= 0.3 is 0 Å². The Kier molecular flexibility index (Phi) is 5.56. The first-order valence-corrected chi connectivity index (χ1v) is 9.57. The molecular formula is C20H22N4S. The fraction of sp³-hybridized carbons (Fsp3) is 0.200. The monoisotopic (exact) mass is 350 g/mol. The molecule has 2 N–H and O–H groups in total. The highest BCUT2D eigenvalue weighted by molar-refractivity contribution is 7.97. The van der Waals surface area contributed by atoms with Crippen molar-refractivity contribution in [3.63, 3.8) is 0 Å². The van der Waals surface area contributed by atoms with Gasteiger partial charge in [0.05, 0.1) is 5.69 Å². The fourth-order valence-electron chi connectivity index (χ4n) is 2.52. The maximum absolute atomic E-state index is 4.65. The molecular weight excluding hydrogens is 328 g/mol. The SMILES string of the molecule is CSCc1cc(Nc2ccccc2C)nc(Nc2ccccc2C)n1. The first-order chi connectivity index (χ1) is 12.2. The number of hydrogen-bond acceptors (Lipinski definition) is 5. The van der Waals surface area contributed by atoms with Crippen molar-refractivity contribution in [3.8, 4) is 0 Å². The topological polar surface area (TPSA) is 49.8 Å². The largest absolute Gasteiger partial charge is 0.340 e. The number of benzene rings is 2. The Morgan fingerprint density at radius 1 is 0.840 bits per heavy atom. The molecule has 0 bridgehead atoms. The van der Waals surface area contributed by atoms with Gasteiger partial charge in [0.15, 0.2) is 0 Å². The van der Waals surface area contributed by atoms with Crippen LogP contribution in [0.5, 0.6) is 0 Å². The number of anilines is 4. The number of aryl methyl sites for hydroxylation is 2. The van der Waals surface area contributed by atoms with Crippen molar-refractivity contribution in [3.05, 3.63) is 71.4 Å². The molecule has 3 aromatic rings. The number of hydrogen-bond donors (Lipinski definition) is 2. The molecule has 0 aliphatic rings. The Bertz CT molecular complexity index is 798. The highest BCUT2D eigenvalue weighted by Crippen LogP contribution is 2.23. The lowest BCUT2D eigenvalue weighted by Gasteiger charge is -2.13. The predicted molar refractivity (Wildman–Crippen MR) is 108 cm³/mol. The zero-order valence-electron chi connectivity index (χ0n) is 14.7. The van der Waals surface area contributed by atoms with E-state index in [2.05, 4.69) is 58.9 Å². The Morgan fingerprint density at radius 3 is 2.04 bits per heavy atom. The summed E-state index contributed by atoms with van der Waals surface area (Å²) >= 11 is 1.75. The van der Waals surface area contributed by atoms with Gasteiger partial charge in [-0.05, 0) is 43.4 Å². The van der Waals surface area contributed by atoms with Crippen LogP contribution in [0.15, 0.2) is 54.6 Å². The van der Waals surface area contributed by atoms with Crippen molar-refractivity contribution in [2.45, 2.75) is 19.6 Å². The van der Waals surface area contributed by atoms with E-state index in [-0.39, 0.29) is 0 Å². The second-order valence-corrected chi connectivity index (χ2v) is 6.75. The summed E-state index contributed by atoms with van der Waals surface area (Å²) in [6.07, 6.45) is 2.07. The minimum atomic E-state index is 0.608. The minimum absolute atomic E-state index is 0.608. The van der Waals surface area contributed by atoms with Gasteiger partial charge in [-0.3, -0.25) is 0 Å². The second kappa shape index (κ2) is 8.03. The van der Waals surface area contributed by atoms with Crippen LogP contribution in [-0.4, -0.2) is 16.2 Å². The molecule has 0 aliphatic heterocycles. The second-order valence-electron chi connectivity index (χ2n) is 5.88. The zero-order chi connectivity index (χ0) is 17.6. The zero-order valence-corrected chi connectivity index (χ0v) is 15.5. The minimum Gasteiger partial charge on any atom is -0.340 e. The molecule has 3 rings (SSSR count). The van der Waals surface area contributed by atoms with E-state index in [1.807, 2.05) is 36.4 Å². The standard InChI is InChI=1S/C20H22N4S/c1-14-8-4-6-10-17(14)22-19-12-16(13-25-3)21-20(24-19)23-18-11-7-5-9-15(18)2/h4-12H,13H2,1-3H3,(H2,21,22,23,24). The summed E-state index contributed by atoms with van der Waals surface area (Å²) in [7, 11) is 0. The molecule has 128 valence electrons. The van der Waals surface area contributed by atoms with E-state index in [9.17, 15) is 0 Å². The average molecular weight is 350 g/mol. The molecule has 0 spiro atoms. The maximum atomic E-state index is 4.65. The Labute approximate surface area is 153 Å². The van der Waals surface area contributed by atoms with Gasteiger partial charge in [0.25, 0.3) is 0 Å². The Morgan fingerprint density at radius 2 is 1.44 bits per heavy atom. The molecule has 0 fully saturated rings. The molecule has 2 aromatic carbocycles. The summed E-state index contributed by atoms with van der Waals surface area (Å²) in [4.78, 5) is 9.29. The van der Waals surface area contributed by atoms with Crippen LogP contribution in [0.4, 0.5) is 23.1 Å². The van der Waals surface area contributed by atoms with Crippen LogP contribution in [0.1, 0.15) is 16.8 Å². The quantitative estimate of drug-likeness (QED) is 0.619. The van der Waals surface area contributed by atoms with E-state index >= 15 is 0 Å². The van der Waals surface area contributed by atoms with E-state index < -0.39 is 0 Å². The predicted octanol–water partition coefficient (Wildman–Crippen LogP) is 5.44. The maximum Gasteiger partial charge on any atom is 0.229 e. The van der Waals surface area contributed by atoms with Gasteiger partial charge in [0.1, 0.15) is 5.82 Å². The summed E-state index contributed by atoms with van der Waals surface area (Å²) in [5.41, 5.74) is 5.41. The van der Waals surface area contributed by atoms with Crippen molar-refractivity contribution in [1.82, 2.24) is 9.97 Å². The van der Waals surface area contributed by atoms with Crippen LogP contribution in [0.25, 0.3) is 0 Å². The number of thioether (sulfide) groups is 1. The summed E-state index contributed by atoms with van der Waals surface area (Å²) in [6.45, 7) is 4.15. The molecule has 0 amide bonds. The summed E-state index contributed by atoms with van der Waals surface area (Å²) in [6, 6.07) is 18.3. The first kappa shape index (κ1) is 17.3. The smallest absolute Gasteiger partial charge is 0.229 e. The van der Waals surface area contributed by atoms with E-state index in [0.717, 1.165) is 34.2 Å². The van der Waals surface area contributed by atoms with Crippen LogP contribution in [0, 0.1) is 13.8 Å². The Balaban J connectivity index is 1.92. The van der Waals surface area contributed by atoms with Gasteiger partial charge in [-0.2, -0.15) is 16.7 Å². The van der Waals surface area contributed by atoms with E-state index in [1.54, 1.807) is 11.8 Å². The molecule has 0 aliphatic carbocycles. The van der Waals surface area contributed by atoms with Crippen molar-refractivity contribution < 1.29 is 0 Å². The highest BCUT2D eigenvalue weighted by atomic mass is 32.2. The van der Waals surface area contributed by atoms with E-state index in [0.29, 0.717) is 5.95 Å². The number of rotatable bonds is 6. The third-order valence-corrected chi connectivity index (χ3v) is 4.46. The van der Waals surface area contributed by atoms with Crippen molar-refractivity contribution in [2.24, 2.45) is 0 Å². The molecule has 1 heterocycles. The first-order valence-electron chi connectivity index (χ1n) is 8.18. The van der Waals surface area contributed by atoms with Crippen LogP contribution in [-0.2, 0) is 5.75 Å². The molecule has 1 aromatic heterocycles. The lowest BCUT2D eigenvalue weighted by molar-refractivity contribution is 1.09. The summed E-state index contributed by atoms with van der Waals surface area (Å²) in [5, 5.41) is 6.75. The van der Waals surface area contributed by atoms with Gasteiger partial charge in [0.2, 0.25) is 5.95 Å². The van der Waals surface area contributed by atoms with E-state index in [4.69, 9.17) is 0 Å². The highest BCUT2D eigenvalue weighted by Gasteiger charge is 2.07. The van der Waals surface area contributed by atoms with Crippen molar-refractivity contribution in [2.75, 3.05) is 16.9 Å². The summed E-state index contributed by atoms with van der Waals surface area (Å²) < 4.78 is 0. The lowest BCUT2D eigenvalue weighted by atomic mass is 10.2. The number of para-hydroxylation sites is 2. The molecule has 0 atom stereocenters. The van der Waals surface area contributed by atoms with Crippen molar-refractivity contribution in [1.29, 1.82) is 0 Å². The molecule has 0 saturated carbocycles. The molecule has 0 saturated heterocycles. The van der Waals surface area contributed by atoms with Gasteiger partial charge in [-0.25, -0.2) is 4.98 Å².